The first-order valence-electron chi connectivity index (χ1n) is 14.9. The molecule has 0 aliphatic heterocycles. The maximum Gasteiger partial charge on any atom is 0.432 e. The van der Waals surface area contributed by atoms with Gasteiger partial charge in [-0.05, 0) is 83.1 Å². The second-order valence-electron chi connectivity index (χ2n) is 10.9. The molecule has 0 atom stereocenters. The van der Waals surface area contributed by atoms with Crippen molar-refractivity contribution >= 4 is 0 Å². The highest BCUT2D eigenvalue weighted by molar-refractivity contribution is 5.72. The summed E-state index contributed by atoms with van der Waals surface area (Å²) in [4.78, 5) is 0. The Bertz CT molecular complexity index is 1880. The molecule has 48 heavy (non-hydrogen) atoms. The lowest BCUT2D eigenvalue weighted by Gasteiger charge is -2.20. The van der Waals surface area contributed by atoms with Gasteiger partial charge in [-0.3, -0.25) is 0 Å². The van der Waals surface area contributed by atoms with E-state index < -0.39 is 58.9 Å². The third kappa shape index (κ3) is 7.78. The zero-order chi connectivity index (χ0) is 34.6. The SMILES string of the molecule is CCCCCc1ccc(-c2cc(F)c(C(F)(F)Oc3ccc(-c4ccc(-c5ccc(OC(F)F)c(F)c5)c(F)c4)c(F)c3)c(F)c2)cc1. The summed E-state index contributed by atoms with van der Waals surface area (Å²) in [6.07, 6.45) is -0.582. The van der Waals surface area contributed by atoms with Gasteiger partial charge in [0.1, 0.15) is 34.6 Å². The fourth-order valence-corrected chi connectivity index (χ4v) is 5.23. The fraction of sp³-hybridized carbons (Fsp3) is 0.189. The van der Waals surface area contributed by atoms with Crippen LogP contribution in [0.3, 0.4) is 0 Å². The largest absolute Gasteiger partial charge is 0.432 e. The molecule has 0 N–H and O–H groups in total. The number of aryl methyl sites for hydroxylation is 1. The van der Waals surface area contributed by atoms with Crippen LogP contribution in [0.15, 0.2) is 91.0 Å². The lowest BCUT2D eigenvalue weighted by Crippen LogP contribution is -2.25. The van der Waals surface area contributed by atoms with Crippen LogP contribution in [0.2, 0.25) is 0 Å². The Kier molecular flexibility index (Phi) is 10.4. The van der Waals surface area contributed by atoms with Crippen molar-refractivity contribution in [2.24, 2.45) is 0 Å². The van der Waals surface area contributed by atoms with Crippen LogP contribution in [0.1, 0.15) is 37.3 Å². The van der Waals surface area contributed by atoms with E-state index in [1.54, 1.807) is 12.1 Å². The van der Waals surface area contributed by atoms with E-state index in [0.717, 1.165) is 79.8 Å². The molecule has 5 aromatic carbocycles. The minimum Gasteiger partial charge on any atom is -0.432 e. The molecular formula is C37H27F9O2. The van der Waals surface area contributed by atoms with Gasteiger partial charge in [0.15, 0.2) is 11.6 Å². The van der Waals surface area contributed by atoms with Crippen molar-refractivity contribution in [1.29, 1.82) is 0 Å². The molecule has 0 aliphatic rings. The molecule has 11 heteroatoms. The van der Waals surface area contributed by atoms with Crippen molar-refractivity contribution in [3.63, 3.8) is 0 Å². The van der Waals surface area contributed by atoms with Gasteiger partial charge in [0.25, 0.3) is 0 Å². The van der Waals surface area contributed by atoms with Crippen molar-refractivity contribution in [2.45, 2.75) is 45.3 Å². The van der Waals surface area contributed by atoms with E-state index in [9.17, 15) is 26.3 Å². The highest BCUT2D eigenvalue weighted by Crippen LogP contribution is 2.39. The van der Waals surface area contributed by atoms with E-state index in [1.165, 1.54) is 12.1 Å². The van der Waals surface area contributed by atoms with E-state index in [1.807, 2.05) is 12.1 Å². The second-order valence-corrected chi connectivity index (χ2v) is 10.9. The maximum atomic E-state index is 15.1. The fourth-order valence-electron chi connectivity index (χ4n) is 5.23. The zero-order valence-corrected chi connectivity index (χ0v) is 25.3. The number of unbranched alkanes of at least 4 members (excludes halogenated alkanes) is 2. The minimum absolute atomic E-state index is 0.0205. The molecular weight excluding hydrogens is 647 g/mol. The first-order chi connectivity index (χ1) is 22.9. The van der Waals surface area contributed by atoms with Crippen molar-refractivity contribution in [3.05, 3.63) is 131 Å². The molecule has 0 heterocycles. The third-order valence-electron chi connectivity index (χ3n) is 7.62. The van der Waals surface area contributed by atoms with Crippen LogP contribution in [-0.2, 0) is 12.5 Å². The van der Waals surface area contributed by atoms with Gasteiger partial charge < -0.3 is 9.47 Å². The van der Waals surface area contributed by atoms with Gasteiger partial charge in [0, 0.05) is 17.2 Å². The number of ether oxygens (including phenoxy) is 2. The molecule has 2 nitrogen and oxygen atoms in total. The number of hydrogen-bond donors (Lipinski definition) is 0. The van der Waals surface area contributed by atoms with E-state index >= 15 is 13.2 Å². The smallest absolute Gasteiger partial charge is 0.432 e. The van der Waals surface area contributed by atoms with Gasteiger partial charge >= 0.3 is 12.7 Å². The molecule has 0 spiro atoms. The molecule has 0 amide bonds. The molecule has 5 aromatic rings. The van der Waals surface area contributed by atoms with Gasteiger partial charge in [-0.1, -0.05) is 62.2 Å². The predicted molar refractivity (Wildman–Crippen MR) is 163 cm³/mol. The highest BCUT2D eigenvalue weighted by Gasteiger charge is 2.41. The average molecular weight is 675 g/mol. The van der Waals surface area contributed by atoms with E-state index in [-0.39, 0.29) is 27.8 Å². The Labute approximate surface area is 270 Å². The van der Waals surface area contributed by atoms with Crippen LogP contribution >= 0.6 is 0 Å². The van der Waals surface area contributed by atoms with Crippen molar-refractivity contribution < 1.29 is 49.0 Å². The third-order valence-corrected chi connectivity index (χ3v) is 7.62. The summed E-state index contributed by atoms with van der Waals surface area (Å²) in [5.41, 5.74) is -0.586. The van der Waals surface area contributed by atoms with Crippen molar-refractivity contribution in [2.75, 3.05) is 0 Å². The number of rotatable bonds is 12. The lowest BCUT2D eigenvalue weighted by atomic mass is 9.99. The van der Waals surface area contributed by atoms with Gasteiger partial charge in [-0.2, -0.15) is 17.6 Å². The Morgan fingerprint density at radius 2 is 1.12 bits per heavy atom. The summed E-state index contributed by atoms with van der Waals surface area (Å²) < 4.78 is 138. The van der Waals surface area contributed by atoms with Crippen LogP contribution in [0.5, 0.6) is 11.5 Å². The Morgan fingerprint density at radius 1 is 0.583 bits per heavy atom. The predicted octanol–water partition coefficient (Wildman–Crippen LogP) is 11.8. The standard InChI is InChI=1S/C37H27F9O2/c1-2-3-4-5-21-6-8-22(9-7-21)25-18-32(41)35(33(42)19-25)37(45,46)48-26-12-14-28(30(39)20-26)23-10-13-27(29(38)16-23)24-11-15-34(31(40)17-24)47-36(43)44/h6-20,36H,2-5H2,1H3. The number of alkyl halides is 4. The molecule has 0 aliphatic carbocycles. The Hall–Kier alpha value is -4.93. The van der Waals surface area contributed by atoms with E-state index in [4.69, 9.17) is 0 Å². The molecule has 250 valence electrons. The molecule has 0 saturated heterocycles. The molecule has 0 unspecified atom stereocenters. The normalized spacial score (nSPS) is 11.6. The molecule has 0 radical (unpaired) electrons. The molecule has 0 saturated carbocycles. The van der Waals surface area contributed by atoms with Crippen LogP contribution in [0.4, 0.5) is 39.5 Å². The highest BCUT2D eigenvalue weighted by atomic mass is 19.3. The van der Waals surface area contributed by atoms with Gasteiger partial charge in [-0.25, -0.2) is 22.0 Å². The number of hydrogen-bond acceptors (Lipinski definition) is 2. The zero-order valence-electron chi connectivity index (χ0n) is 25.3. The Balaban J connectivity index is 1.33. The summed E-state index contributed by atoms with van der Waals surface area (Å²) in [6, 6.07) is 17.1. The number of benzene rings is 5. The van der Waals surface area contributed by atoms with E-state index in [2.05, 4.69) is 16.4 Å². The topological polar surface area (TPSA) is 18.5 Å². The second kappa shape index (κ2) is 14.5. The number of halogens is 9. The summed E-state index contributed by atoms with van der Waals surface area (Å²) >= 11 is 0. The molecule has 0 fully saturated rings. The van der Waals surface area contributed by atoms with Gasteiger partial charge in [-0.15, -0.1) is 0 Å². The van der Waals surface area contributed by atoms with Crippen LogP contribution in [-0.4, -0.2) is 6.61 Å². The first-order valence-corrected chi connectivity index (χ1v) is 14.9. The Morgan fingerprint density at radius 3 is 1.69 bits per heavy atom. The van der Waals surface area contributed by atoms with Crippen LogP contribution in [0.25, 0.3) is 33.4 Å². The molecule has 5 rings (SSSR count). The lowest BCUT2D eigenvalue weighted by molar-refractivity contribution is -0.189. The van der Waals surface area contributed by atoms with Crippen LogP contribution in [0, 0.1) is 29.1 Å². The molecule has 0 bridgehead atoms. The molecule has 0 aromatic heterocycles. The van der Waals surface area contributed by atoms with E-state index in [0.29, 0.717) is 11.6 Å². The summed E-state index contributed by atoms with van der Waals surface area (Å²) in [5, 5.41) is 0. The minimum atomic E-state index is -4.54. The first kappa shape index (κ1) is 34.4. The quantitative estimate of drug-likeness (QED) is 0.0969. The average Bonchev–Trinajstić information content (AvgIpc) is 3.02. The van der Waals surface area contributed by atoms with Crippen molar-refractivity contribution in [1.82, 2.24) is 0 Å². The summed E-state index contributed by atoms with van der Waals surface area (Å²) in [5.74, 6) is -7.84. The maximum absolute atomic E-state index is 15.1. The van der Waals surface area contributed by atoms with Gasteiger partial charge in [0.2, 0.25) is 0 Å². The summed E-state index contributed by atoms with van der Waals surface area (Å²) in [6.45, 7) is -1.18. The van der Waals surface area contributed by atoms with Gasteiger partial charge in [0.05, 0.1) is 0 Å². The summed E-state index contributed by atoms with van der Waals surface area (Å²) in [7, 11) is 0. The van der Waals surface area contributed by atoms with Crippen LogP contribution < -0.4 is 9.47 Å². The monoisotopic (exact) mass is 674 g/mol. The van der Waals surface area contributed by atoms with Crippen molar-refractivity contribution in [3.8, 4) is 44.9 Å².